The lowest BCUT2D eigenvalue weighted by molar-refractivity contribution is -0.119. The van der Waals surface area contributed by atoms with Crippen LogP contribution in [0.2, 0.25) is 0 Å². The number of carbonyl (C=O) groups excluding carboxylic acids is 1. The number of nitrogens with one attached hydrogen (secondary N) is 1. The number of fused-ring (bicyclic) bond motifs is 1. The summed E-state index contributed by atoms with van der Waals surface area (Å²) in [6.45, 7) is 3.93. The van der Waals surface area contributed by atoms with Crippen LogP contribution in [0.4, 0.5) is 5.69 Å². The average molecular weight is 462 g/mol. The number of aryl methyl sites for hydroxylation is 1. The van der Waals surface area contributed by atoms with Gasteiger partial charge in [0.25, 0.3) is 5.56 Å². The van der Waals surface area contributed by atoms with Gasteiger partial charge in [0.2, 0.25) is 5.91 Å². The molecule has 34 heavy (non-hydrogen) atoms. The molecule has 1 amide bonds. The highest BCUT2D eigenvalue weighted by molar-refractivity contribution is 5.94. The Balaban J connectivity index is 1.74. The summed E-state index contributed by atoms with van der Waals surface area (Å²) in [6.07, 6.45) is 3.97. The van der Waals surface area contributed by atoms with E-state index in [0.29, 0.717) is 30.0 Å². The minimum absolute atomic E-state index is 0.167. The molecule has 0 aliphatic heterocycles. The van der Waals surface area contributed by atoms with Gasteiger partial charge in [0.1, 0.15) is 6.04 Å². The van der Waals surface area contributed by atoms with Crippen LogP contribution in [0.3, 0.4) is 0 Å². The number of hydrogen-bond acceptors (Lipinski definition) is 5. The maximum atomic E-state index is 13.5. The molecule has 1 N–H and O–H groups in total. The molecular weight excluding hydrogens is 430 g/mol. The van der Waals surface area contributed by atoms with Crippen LogP contribution < -0.4 is 20.3 Å². The van der Waals surface area contributed by atoms with Crippen molar-refractivity contribution in [1.82, 2.24) is 9.78 Å². The molecule has 4 rings (SSSR count). The Morgan fingerprint density at radius 3 is 2.35 bits per heavy atom. The van der Waals surface area contributed by atoms with Crippen LogP contribution in [0, 0.1) is 6.92 Å². The fraction of sp³-hybridized carbons (Fsp3) is 0.370. The summed E-state index contributed by atoms with van der Waals surface area (Å²) in [5.74, 6) is 0.789. The minimum atomic E-state index is -0.739. The van der Waals surface area contributed by atoms with Gasteiger partial charge in [-0.3, -0.25) is 9.59 Å². The van der Waals surface area contributed by atoms with Gasteiger partial charge in [-0.25, -0.2) is 4.68 Å². The number of benzene rings is 2. The van der Waals surface area contributed by atoms with Crippen molar-refractivity contribution in [2.75, 3.05) is 19.5 Å². The van der Waals surface area contributed by atoms with Crippen LogP contribution in [0.1, 0.15) is 48.9 Å². The number of ether oxygens (including phenoxy) is 2. The lowest BCUT2D eigenvalue weighted by Gasteiger charge is -2.24. The second-order valence-electron chi connectivity index (χ2n) is 8.61. The van der Waals surface area contributed by atoms with Gasteiger partial charge in [-0.2, -0.15) is 5.10 Å². The normalized spacial score (nSPS) is 13.6. The van der Waals surface area contributed by atoms with Gasteiger partial charge in [0.15, 0.2) is 11.5 Å². The zero-order chi connectivity index (χ0) is 24.2. The topological polar surface area (TPSA) is 82.4 Å². The third kappa shape index (κ3) is 4.55. The Bertz CT molecular complexity index is 1250. The first-order valence-corrected chi connectivity index (χ1v) is 11.7. The molecule has 2 aromatic carbocycles. The fourth-order valence-electron chi connectivity index (χ4n) is 4.52. The number of anilines is 1. The van der Waals surface area contributed by atoms with Gasteiger partial charge in [-0.1, -0.05) is 36.8 Å². The highest BCUT2D eigenvalue weighted by atomic mass is 16.5. The third-order valence-electron chi connectivity index (χ3n) is 6.39. The molecule has 7 heteroatoms. The van der Waals surface area contributed by atoms with Crippen LogP contribution >= 0.6 is 0 Å². The van der Waals surface area contributed by atoms with Crippen LogP contribution in [-0.4, -0.2) is 29.9 Å². The van der Waals surface area contributed by atoms with Crippen LogP contribution in [0.15, 0.2) is 47.3 Å². The summed E-state index contributed by atoms with van der Waals surface area (Å²) in [6, 6.07) is 12.6. The number of carbonyl (C=O) groups is 1. The Morgan fingerprint density at radius 1 is 1.03 bits per heavy atom. The van der Waals surface area contributed by atoms with E-state index in [1.165, 1.54) is 4.68 Å². The Labute approximate surface area is 199 Å². The molecule has 1 heterocycles. The number of hydrogen-bond donors (Lipinski definition) is 1. The lowest BCUT2D eigenvalue weighted by atomic mass is 9.89. The molecule has 0 saturated heterocycles. The molecule has 0 unspecified atom stereocenters. The van der Waals surface area contributed by atoms with E-state index in [-0.39, 0.29) is 11.5 Å². The summed E-state index contributed by atoms with van der Waals surface area (Å²) < 4.78 is 12.0. The predicted octanol–water partition coefficient (Wildman–Crippen LogP) is 4.70. The van der Waals surface area contributed by atoms with Crippen molar-refractivity contribution in [3.63, 3.8) is 0 Å². The summed E-state index contributed by atoms with van der Waals surface area (Å²) in [4.78, 5) is 26.8. The van der Waals surface area contributed by atoms with E-state index < -0.39 is 6.04 Å². The molecule has 3 aromatic rings. The Hall–Kier alpha value is -3.61. The molecule has 0 radical (unpaired) electrons. The first-order valence-electron chi connectivity index (χ1n) is 11.7. The van der Waals surface area contributed by atoms with E-state index in [4.69, 9.17) is 14.6 Å². The summed E-state index contributed by atoms with van der Waals surface area (Å²) in [5.41, 5.74) is 5.12. The zero-order valence-electron chi connectivity index (χ0n) is 20.2. The standard InChI is InChI=1S/C27H31N3O4/c1-5-22(26(31)28-19-14-15-23(33-3)24(16-19)34-4)30-27(32)21-9-7-6-8-20(21)25(29-30)18-12-10-17(2)11-13-18/h10-16,22H,5-9H2,1-4H3,(H,28,31)/t22-/m1/s1. The maximum absolute atomic E-state index is 13.5. The van der Waals surface area contributed by atoms with Crippen molar-refractivity contribution in [3.8, 4) is 22.8 Å². The van der Waals surface area contributed by atoms with Crippen LogP contribution in [0.5, 0.6) is 11.5 Å². The molecule has 1 aromatic heterocycles. The Morgan fingerprint density at radius 2 is 1.71 bits per heavy atom. The van der Waals surface area contributed by atoms with E-state index in [1.807, 2.05) is 38.1 Å². The molecule has 1 aliphatic carbocycles. The first kappa shape index (κ1) is 23.5. The van der Waals surface area contributed by atoms with E-state index in [9.17, 15) is 9.59 Å². The van der Waals surface area contributed by atoms with Crippen molar-refractivity contribution in [1.29, 1.82) is 0 Å². The molecule has 178 valence electrons. The highest BCUT2D eigenvalue weighted by Crippen LogP contribution is 2.31. The van der Waals surface area contributed by atoms with E-state index >= 15 is 0 Å². The SMILES string of the molecule is CC[C@H](C(=O)Nc1ccc(OC)c(OC)c1)n1nc(-c2ccc(C)cc2)c2c(c1=O)CCCC2. The number of rotatable bonds is 7. The summed E-state index contributed by atoms with van der Waals surface area (Å²) in [5, 5.41) is 7.70. The number of methoxy groups -OCH3 is 2. The van der Waals surface area contributed by atoms with Crippen molar-refractivity contribution < 1.29 is 14.3 Å². The number of amides is 1. The lowest BCUT2D eigenvalue weighted by Crippen LogP contribution is -2.38. The second kappa shape index (κ2) is 10.1. The van der Waals surface area contributed by atoms with Crippen molar-refractivity contribution in [2.45, 2.75) is 52.0 Å². The molecular formula is C27H31N3O4. The average Bonchev–Trinajstić information content (AvgIpc) is 2.86. The van der Waals surface area contributed by atoms with Gasteiger partial charge in [-0.05, 0) is 56.7 Å². The van der Waals surface area contributed by atoms with Crippen LogP contribution in [0.25, 0.3) is 11.3 Å². The second-order valence-corrected chi connectivity index (χ2v) is 8.61. The number of aromatic nitrogens is 2. The fourth-order valence-corrected chi connectivity index (χ4v) is 4.52. The third-order valence-corrected chi connectivity index (χ3v) is 6.39. The molecule has 0 fully saturated rings. The molecule has 0 saturated carbocycles. The summed E-state index contributed by atoms with van der Waals surface area (Å²) >= 11 is 0. The smallest absolute Gasteiger partial charge is 0.271 e. The van der Waals surface area contributed by atoms with E-state index in [0.717, 1.165) is 47.2 Å². The maximum Gasteiger partial charge on any atom is 0.271 e. The van der Waals surface area contributed by atoms with Crippen molar-refractivity contribution in [2.24, 2.45) is 0 Å². The number of nitrogens with zero attached hydrogens (tertiary/aromatic N) is 2. The molecule has 1 aliphatic rings. The van der Waals surface area contributed by atoms with Gasteiger partial charge in [0.05, 0.1) is 19.9 Å². The van der Waals surface area contributed by atoms with Crippen LogP contribution in [-0.2, 0) is 17.6 Å². The molecule has 0 spiro atoms. The largest absolute Gasteiger partial charge is 0.493 e. The van der Waals surface area contributed by atoms with Crippen molar-refractivity contribution >= 4 is 11.6 Å². The molecule has 0 bridgehead atoms. The Kier molecular flexibility index (Phi) is 7.01. The van der Waals surface area contributed by atoms with Crippen molar-refractivity contribution in [3.05, 3.63) is 69.5 Å². The van der Waals surface area contributed by atoms with Gasteiger partial charge < -0.3 is 14.8 Å². The van der Waals surface area contributed by atoms with E-state index in [2.05, 4.69) is 5.32 Å². The van der Waals surface area contributed by atoms with Gasteiger partial charge in [-0.15, -0.1) is 0 Å². The predicted molar refractivity (Wildman–Crippen MR) is 133 cm³/mol. The highest BCUT2D eigenvalue weighted by Gasteiger charge is 2.27. The quantitative estimate of drug-likeness (QED) is 0.551. The monoisotopic (exact) mass is 461 g/mol. The van der Waals surface area contributed by atoms with Gasteiger partial charge in [0, 0.05) is 22.9 Å². The summed E-state index contributed by atoms with van der Waals surface area (Å²) in [7, 11) is 3.10. The molecule has 1 atom stereocenters. The zero-order valence-corrected chi connectivity index (χ0v) is 20.2. The van der Waals surface area contributed by atoms with Gasteiger partial charge >= 0.3 is 0 Å². The van der Waals surface area contributed by atoms with E-state index in [1.54, 1.807) is 32.4 Å². The molecule has 7 nitrogen and oxygen atoms in total. The minimum Gasteiger partial charge on any atom is -0.493 e. The first-order chi connectivity index (χ1) is 16.5.